The fourth-order valence-electron chi connectivity index (χ4n) is 15.5. The molecule has 0 spiro atoms. The molecule has 5 aliphatic carbocycles. The molecule has 0 radical (unpaired) electrons. The maximum Gasteiger partial charge on any atom is 0.410 e. The molecule has 7 amide bonds. The van der Waals surface area contributed by atoms with Crippen LogP contribution in [0.2, 0.25) is 10.0 Å². The normalized spacial score (nSPS) is 30.4. The Balaban J connectivity index is 1.08. The second-order valence-electron chi connectivity index (χ2n) is 30.2. The number of fused-ring (bicyclic) bond motifs is 16. The summed E-state index contributed by atoms with van der Waals surface area (Å²) in [4.78, 5) is 124. The highest BCUT2D eigenvalue weighted by molar-refractivity contribution is 6.32. The first-order chi connectivity index (χ1) is 51.1. The van der Waals surface area contributed by atoms with E-state index in [1.165, 1.54) is 55.9 Å². The van der Waals surface area contributed by atoms with Crippen LogP contribution in [-0.4, -0.2) is 192 Å². The molecular formula is C74H92Cl2N10O22. The van der Waals surface area contributed by atoms with E-state index in [2.05, 4.69) is 32.1 Å². The number of phenolic OH excluding ortho intramolecular Hbond substituents is 1. The van der Waals surface area contributed by atoms with Crippen LogP contribution in [0.3, 0.4) is 0 Å². The van der Waals surface area contributed by atoms with E-state index in [4.69, 9.17) is 68.9 Å². The number of carbonyl (C=O) groups excluding carboxylic acids is 8. The van der Waals surface area contributed by atoms with Crippen molar-refractivity contribution in [2.75, 3.05) is 20.2 Å². The largest absolute Gasteiger partial charge is 0.508 e. The number of hydroxylamine groups is 1. The number of hydrogen-bond acceptors (Lipinski definition) is 25. The number of aliphatic hydroxyl groups excluding tert-OH is 7. The Morgan fingerprint density at radius 1 is 0.731 bits per heavy atom. The third kappa shape index (κ3) is 17.8. The number of aldehydes is 1. The molecule has 4 aromatic carbocycles. The molecule has 0 aromatic heterocycles. The average Bonchev–Trinajstić information content (AvgIpc) is 0.775. The number of ether oxygens (including phenoxy) is 5. The fourth-order valence-corrected chi connectivity index (χ4v) is 15.9. The van der Waals surface area contributed by atoms with Crippen LogP contribution in [0.5, 0.6) is 34.5 Å². The molecular weight excluding hydrogens is 1450 g/mol. The van der Waals surface area contributed by atoms with Crippen molar-refractivity contribution in [2.45, 2.75) is 189 Å². The smallest absolute Gasteiger partial charge is 0.410 e. The number of aliphatic hydroxyl groups is 7. The monoisotopic (exact) mass is 1540 g/mol. The number of nitrogens with two attached hydrogens (primary N) is 3. The number of amides is 7. The SMILES string of the molecule is CC(C)C[C@H](C(=O)N[C@H]1C(=O)N[C@@H](CC(N)=O)C(=O)N[C@H]2C(=O)N[C@@H](C=O)c3ccc(O)c(c3)C3=C(CC(O)C=C3O)[C@@H](CONC3C4CC5CC(C4)CC3C5)NC(=O)[C@H](N)C(O)c3ccc(c(Cl)c3)Oc3cc2cc(c3OC2OC(CN)C(O)C(O)C2O)Oc2ccc(cc2Cl)C1O)N(C)C(=O)OC(C)(C)C. The van der Waals surface area contributed by atoms with Crippen LogP contribution in [0.15, 0.2) is 84.1 Å². The Morgan fingerprint density at radius 2 is 1.33 bits per heavy atom. The standard InChI is InChI=1S/C74H92Cl2N10O22/c1-30(2)13-47(86(6)73(102)108-74(3,4)5)68(98)84-60-62(93)35-9-12-51(43(76)21-35)105-53-23-38-22-52(66(53)107-72-65(96)64(95)63(94)54(27-77)106-72)104-50-11-8-34(20-42(50)75)61(92)57(79)69(99)82-46(29-103-85-58-36-15-31-14-32(17-36)18-37(58)16-31)40-24-39(88)25-49(90)56(40)41-19-33(7-10-48(41)89)45(28-87)81-70(100)59(38)83-67(97)44(26-55(78)91)80-71(60)101/h7-12,19-23,25,28,30-32,36-37,39,44-47,54,57-65,72,85,88-90,92-96H,13-18,24,26-27,29,77,79H2,1-6H3,(H2,78,91)(H,80,101)(H,81,100)(H,82,99)(H,83,97)(H,84,98)/t31?,32?,36?,37?,39?,44-,45-,46+,47+,54?,57+,58?,59+,60+,61?,62?,63?,64?,65?,72?/m0/s1. The van der Waals surface area contributed by atoms with Crippen molar-refractivity contribution in [2.24, 2.45) is 46.8 Å². The quantitative estimate of drug-likeness (QED) is 0.0601. The van der Waals surface area contributed by atoms with Gasteiger partial charge in [0.2, 0.25) is 47.5 Å². The number of carbonyl (C=O) groups is 8. The molecule has 108 heavy (non-hydrogen) atoms. The lowest BCUT2D eigenvalue weighted by atomic mass is 9.54. The van der Waals surface area contributed by atoms with E-state index in [-0.39, 0.29) is 92.6 Å². The van der Waals surface area contributed by atoms with Gasteiger partial charge in [-0.05, 0) is 171 Å². The minimum Gasteiger partial charge on any atom is -0.508 e. The van der Waals surface area contributed by atoms with E-state index in [1.54, 1.807) is 34.6 Å². The molecule has 4 aromatic rings. The molecule has 14 rings (SSSR count). The highest BCUT2D eigenvalue weighted by atomic mass is 35.5. The molecule has 584 valence electrons. The van der Waals surface area contributed by atoms with Gasteiger partial charge in [0.25, 0.3) is 0 Å². The molecule has 10 aliphatic rings. The van der Waals surface area contributed by atoms with Gasteiger partial charge in [0.15, 0.2) is 11.5 Å². The fraction of sp³-hybridized carbons (Fsp3) is 0.514. The number of primary amides is 1. The van der Waals surface area contributed by atoms with Gasteiger partial charge in [-0.3, -0.25) is 38.5 Å². The Morgan fingerprint density at radius 3 is 1.91 bits per heavy atom. The van der Waals surface area contributed by atoms with E-state index in [1.807, 2.05) is 0 Å². The first-order valence-electron chi connectivity index (χ1n) is 35.6. The Labute approximate surface area is 630 Å². The van der Waals surface area contributed by atoms with Crippen LogP contribution in [0.1, 0.15) is 138 Å². The van der Waals surface area contributed by atoms with Crippen LogP contribution in [-0.2, 0) is 47.9 Å². The minimum absolute atomic E-state index is 0.0282. The Bertz CT molecular complexity index is 4150. The van der Waals surface area contributed by atoms with Crippen LogP contribution in [0.25, 0.3) is 5.57 Å². The van der Waals surface area contributed by atoms with Crippen LogP contribution in [0, 0.1) is 29.6 Å². The van der Waals surface area contributed by atoms with Crippen LogP contribution < -0.4 is 63.5 Å². The van der Waals surface area contributed by atoms with Crippen LogP contribution >= 0.6 is 23.2 Å². The molecule has 34 heteroatoms. The zero-order valence-electron chi connectivity index (χ0n) is 59.9. The number of halogens is 2. The maximum atomic E-state index is 15.8. The summed E-state index contributed by atoms with van der Waals surface area (Å²) in [6, 6.07) is -0.0433. The van der Waals surface area contributed by atoms with E-state index in [0.29, 0.717) is 23.7 Å². The van der Waals surface area contributed by atoms with Gasteiger partial charge < -0.3 is 113 Å². The topological polar surface area (TPSA) is 507 Å². The van der Waals surface area contributed by atoms with E-state index < -0.39 is 186 Å². The average molecular weight is 1540 g/mol. The first kappa shape index (κ1) is 80.3. The Hall–Kier alpha value is -8.74. The molecule has 32 nitrogen and oxygen atoms in total. The number of rotatable bonds is 15. The lowest BCUT2D eigenvalue weighted by molar-refractivity contribution is -0.270. The first-order valence-corrected chi connectivity index (χ1v) is 36.4. The predicted octanol–water partition coefficient (Wildman–Crippen LogP) is 2.98. The molecule has 1 saturated heterocycles. The van der Waals surface area contributed by atoms with Gasteiger partial charge in [-0.1, -0.05) is 55.2 Å². The summed E-state index contributed by atoms with van der Waals surface area (Å²) in [5.41, 5.74) is 19.5. The summed E-state index contributed by atoms with van der Waals surface area (Å²) < 4.78 is 31.0. The van der Waals surface area contributed by atoms with E-state index >= 15 is 14.4 Å². The number of nitrogens with one attached hydrogen (secondary N) is 6. The lowest BCUT2D eigenvalue weighted by Gasteiger charge is -2.54. The van der Waals surface area contributed by atoms with Crippen LogP contribution in [0.4, 0.5) is 4.79 Å². The van der Waals surface area contributed by atoms with Crippen molar-refractivity contribution in [3.05, 3.63) is 122 Å². The third-order valence-corrected chi connectivity index (χ3v) is 21.3. The zero-order valence-corrected chi connectivity index (χ0v) is 61.4. The molecule has 5 aliphatic heterocycles. The van der Waals surface area contributed by atoms with E-state index in [9.17, 15) is 64.8 Å². The second kappa shape index (κ2) is 33.2. The number of hydrogen-bond donors (Lipinski definition) is 17. The summed E-state index contributed by atoms with van der Waals surface area (Å²) >= 11 is 14.1. The Kier molecular flexibility index (Phi) is 24.7. The highest BCUT2D eigenvalue weighted by Crippen LogP contribution is 2.54. The van der Waals surface area contributed by atoms with Crippen molar-refractivity contribution in [1.29, 1.82) is 0 Å². The highest BCUT2D eigenvalue weighted by Gasteiger charge is 2.50. The number of aromatic hydroxyl groups is 1. The van der Waals surface area contributed by atoms with Gasteiger partial charge in [-0.25, -0.2) is 4.79 Å². The van der Waals surface area contributed by atoms with Gasteiger partial charge in [0, 0.05) is 37.2 Å². The maximum absolute atomic E-state index is 15.8. The molecule has 13 bridgehead atoms. The summed E-state index contributed by atoms with van der Waals surface area (Å²) in [7, 11) is 1.29. The molecule has 20 N–H and O–H groups in total. The number of allylic oxidation sites excluding steroid dienone is 1. The van der Waals surface area contributed by atoms with E-state index in [0.717, 1.165) is 60.9 Å². The van der Waals surface area contributed by atoms with Crippen molar-refractivity contribution in [3.63, 3.8) is 0 Å². The van der Waals surface area contributed by atoms with Gasteiger partial charge >= 0.3 is 6.09 Å². The van der Waals surface area contributed by atoms with Gasteiger partial charge in [0.05, 0.1) is 35.2 Å². The van der Waals surface area contributed by atoms with Crippen molar-refractivity contribution in [3.8, 4) is 34.5 Å². The summed E-state index contributed by atoms with van der Waals surface area (Å²) in [5.74, 6) is -9.29. The summed E-state index contributed by atoms with van der Waals surface area (Å²) in [6.45, 7) is 7.48. The molecule has 5 fully saturated rings. The minimum atomic E-state index is -2.23. The summed E-state index contributed by atoms with van der Waals surface area (Å²) in [5, 5.41) is 106. The zero-order chi connectivity index (χ0) is 78.2. The molecule has 15 atom stereocenters. The van der Waals surface area contributed by atoms with Gasteiger partial charge in [0.1, 0.15) is 108 Å². The third-order valence-electron chi connectivity index (χ3n) is 20.7. The summed E-state index contributed by atoms with van der Waals surface area (Å²) in [6.07, 6.45) is -10.5. The number of phenols is 1. The second-order valence-corrected chi connectivity index (χ2v) is 31.0. The number of likely N-dealkylation sites (N-methyl/N-ethyl adjacent to an activating group) is 1. The molecule has 8 unspecified atom stereocenters. The van der Waals surface area contributed by atoms with Gasteiger partial charge in [-0.2, -0.15) is 5.48 Å². The van der Waals surface area contributed by atoms with Crippen molar-refractivity contribution in [1.82, 2.24) is 37.0 Å². The van der Waals surface area contributed by atoms with Crippen molar-refractivity contribution >= 4 is 76.6 Å². The molecule has 5 heterocycles. The predicted molar refractivity (Wildman–Crippen MR) is 385 cm³/mol. The van der Waals surface area contributed by atoms with Gasteiger partial charge in [-0.15, -0.1) is 0 Å². The molecule has 4 saturated carbocycles. The number of nitrogens with zero attached hydrogens (tertiary/aromatic N) is 1. The number of benzene rings is 4. The van der Waals surface area contributed by atoms with Crippen molar-refractivity contribution < 1.29 is 108 Å². The lowest BCUT2D eigenvalue weighted by Crippen LogP contribution is -2.60.